The maximum atomic E-state index is 13.4. The number of benzene rings is 1. The van der Waals surface area contributed by atoms with Crippen molar-refractivity contribution in [3.05, 3.63) is 35.5 Å². The van der Waals surface area contributed by atoms with E-state index >= 15 is 0 Å². The van der Waals surface area contributed by atoms with Gasteiger partial charge in [-0.1, -0.05) is 11.2 Å². The number of hydrogen-bond donors (Lipinski definition) is 2. The molecule has 0 saturated carbocycles. The molecule has 6 heteroatoms. The van der Waals surface area contributed by atoms with Gasteiger partial charge in [0.25, 0.3) is 0 Å². The van der Waals surface area contributed by atoms with Crippen LogP contribution in [0.15, 0.2) is 22.6 Å². The highest BCUT2D eigenvalue weighted by Crippen LogP contribution is 2.20. The second-order valence-electron chi connectivity index (χ2n) is 3.65. The number of halogens is 1. The van der Waals surface area contributed by atoms with Gasteiger partial charge in [-0.25, -0.2) is 4.39 Å². The van der Waals surface area contributed by atoms with E-state index in [9.17, 15) is 4.39 Å². The van der Waals surface area contributed by atoms with E-state index in [4.69, 9.17) is 10.2 Å². The summed E-state index contributed by atoms with van der Waals surface area (Å²) >= 11 is 0. The van der Waals surface area contributed by atoms with Crippen LogP contribution in [-0.2, 0) is 6.42 Å². The number of rotatable bonds is 4. The van der Waals surface area contributed by atoms with E-state index in [2.05, 4.69) is 15.5 Å². The molecule has 17 heavy (non-hydrogen) atoms. The van der Waals surface area contributed by atoms with Gasteiger partial charge < -0.3 is 15.5 Å². The Bertz CT molecular complexity index is 512. The summed E-state index contributed by atoms with van der Waals surface area (Å²) < 4.78 is 18.7. The minimum Gasteiger partial charge on any atom is -0.408 e. The Balaban J connectivity index is 2.16. The van der Waals surface area contributed by atoms with Crippen LogP contribution < -0.4 is 11.1 Å². The van der Waals surface area contributed by atoms with Crippen molar-refractivity contribution in [2.45, 2.75) is 13.3 Å². The maximum Gasteiger partial charge on any atom is 0.320 e. The van der Waals surface area contributed by atoms with Crippen LogP contribution in [0.1, 0.15) is 11.5 Å². The Kier molecular flexibility index (Phi) is 3.34. The smallest absolute Gasteiger partial charge is 0.320 e. The lowest BCUT2D eigenvalue weighted by Crippen LogP contribution is -2.02. The summed E-state index contributed by atoms with van der Waals surface area (Å²) in [6.07, 6.45) is 0.505. The van der Waals surface area contributed by atoms with Crippen LogP contribution >= 0.6 is 0 Å². The Labute approximate surface area is 97.8 Å². The van der Waals surface area contributed by atoms with Gasteiger partial charge in [-0.15, -0.1) is 5.10 Å². The second kappa shape index (κ2) is 4.92. The van der Waals surface area contributed by atoms with Crippen molar-refractivity contribution in [2.75, 3.05) is 11.9 Å². The van der Waals surface area contributed by atoms with Gasteiger partial charge in [0.15, 0.2) is 0 Å². The monoisotopic (exact) mass is 236 g/mol. The zero-order chi connectivity index (χ0) is 12.3. The van der Waals surface area contributed by atoms with E-state index in [1.807, 2.05) is 6.92 Å². The molecule has 0 radical (unpaired) electrons. The molecule has 2 rings (SSSR count). The molecular weight excluding hydrogens is 223 g/mol. The number of nitrogens with one attached hydrogen (secondary N) is 1. The molecule has 0 spiro atoms. The van der Waals surface area contributed by atoms with Gasteiger partial charge in [-0.05, 0) is 24.6 Å². The minimum atomic E-state index is -0.367. The molecular formula is C11H13FN4O. The molecule has 90 valence electrons. The number of aryl methyl sites for hydroxylation is 1. The van der Waals surface area contributed by atoms with Crippen molar-refractivity contribution in [3.63, 3.8) is 0 Å². The first kappa shape index (κ1) is 11.5. The SMILES string of the molecule is Cc1ccc(F)c(Nc2nnc(CCN)o2)c1. The standard InChI is InChI=1S/C11H13FN4O/c1-7-2-3-8(12)9(6-7)14-11-16-15-10(17-11)4-5-13/h2-3,6H,4-5,13H2,1H3,(H,14,16). The third-order valence-corrected chi connectivity index (χ3v) is 2.19. The first-order chi connectivity index (χ1) is 8.19. The van der Waals surface area contributed by atoms with Gasteiger partial charge in [0.05, 0.1) is 5.69 Å². The van der Waals surface area contributed by atoms with E-state index in [-0.39, 0.29) is 11.8 Å². The molecule has 0 aliphatic rings. The molecule has 0 aliphatic carbocycles. The molecule has 3 N–H and O–H groups in total. The first-order valence-electron chi connectivity index (χ1n) is 5.24. The zero-order valence-corrected chi connectivity index (χ0v) is 9.40. The zero-order valence-electron chi connectivity index (χ0n) is 9.40. The lowest BCUT2D eigenvalue weighted by Gasteiger charge is -2.03. The molecule has 0 unspecified atom stereocenters. The topological polar surface area (TPSA) is 77.0 Å². The maximum absolute atomic E-state index is 13.4. The van der Waals surface area contributed by atoms with Gasteiger partial charge >= 0.3 is 6.01 Å². The van der Waals surface area contributed by atoms with Gasteiger partial charge in [-0.3, -0.25) is 0 Å². The van der Waals surface area contributed by atoms with Crippen molar-refractivity contribution in [1.82, 2.24) is 10.2 Å². The predicted molar refractivity (Wildman–Crippen MR) is 61.5 cm³/mol. The van der Waals surface area contributed by atoms with E-state index in [1.54, 1.807) is 12.1 Å². The fourth-order valence-electron chi connectivity index (χ4n) is 1.38. The lowest BCUT2D eigenvalue weighted by molar-refractivity contribution is 0.509. The van der Waals surface area contributed by atoms with Crippen LogP contribution in [0.3, 0.4) is 0 Å². The first-order valence-corrected chi connectivity index (χ1v) is 5.24. The Hall–Kier alpha value is -1.95. The predicted octanol–water partition coefficient (Wildman–Crippen LogP) is 1.76. The normalized spacial score (nSPS) is 10.5. The third kappa shape index (κ3) is 2.79. The van der Waals surface area contributed by atoms with Crippen LogP contribution in [0.25, 0.3) is 0 Å². The van der Waals surface area contributed by atoms with Crippen LogP contribution in [0.5, 0.6) is 0 Å². The number of aromatic nitrogens is 2. The number of hydrogen-bond acceptors (Lipinski definition) is 5. The lowest BCUT2D eigenvalue weighted by atomic mass is 10.2. The average Bonchev–Trinajstić information content (AvgIpc) is 2.72. The van der Waals surface area contributed by atoms with Gasteiger partial charge in [0.2, 0.25) is 5.89 Å². The summed E-state index contributed by atoms with van der Waals surface area (Å²) in [5, 5.41) is 10.3. The van der Waals surface area contributed by atoms with Crippen molar-refractivity contribution >= 4 is 11.7 Å². The van der Waals surface area contributed by atoms with E-state index in [0.29, 0.717) is 24.5 Å². The quantitative estimate of drug-likeness (QED) is 0.845. The Morgan fingerprint density at radius 2 is 2.24 bits per heavy atom. The highest BCUT2D eigenvalue weighted by molar-refractivity contribution is 5.54. The highest BCUT2D eigenvalue weighted by atomic mass is 19.1. The molecule has 2 aromatic rings. The largest absolute Gasteiger partial charge is 0.408 e. The fraction of sp³-hybridized carbons (Fsp3) is 0.273. The summed E-state index contributed by atoms with van der Waals surface area (Å²) in [7, 11) is 0. The van der Waals surface area contributed by atoms with E-state index in [0.717, 1.165) is 5.56 Å². The summed E-state index contributed by atoms with van der Waals surface area (Å²) in [6.45, 7) is 2.30. The van der Waals surface area contributed by atoms with Crippen LogP contribution in [0.2, 0.25) is 0 Å². The summed E-state index contributed by atoms with van der Waals surface area (Å²) in [4.78, 5) is 0. The van der Waals surface area contributed by atoms with Crippen LogP contribution in [0, 0.1) is 12.7 Å². The van der Waals surface area contributed by atoms with E-state index < -0.39 is 0 Å². The Morgan fingerprint density at radius 1 is 1.41 bits per heavy atom. The van der Waals surface area contributed by atoms with E-state index in [1.165, 1.54) is 6.07 Å². The molecule has 0 bridgehead atoms. The number of nitrogens with two attached hydrogens (primary N) is 1. The Morgan fingerprint density at radius 3 is 3.00 bits per heavy atom. The summed E-state index contributed by atoms with van der Waals surface area (Å²) in [5.74, 6) is 0.0669. The fourth-order valence-corrected chi connectivity index (χ4v) is 1.38. The van der Waals surface area contributed by atoms with Gasteiger partial charge in [0.1, 0.15) is 5.82 Å². The second-order valence-corrected chi connectivity index (χ2v) is 3.65. The van der Waals surface area contributed by atoms with Crippen molar-refractivity contribution in [1.29, 1.82) is 0 Å². The molecule has 0 amide bonds. The van der Waals surface area contributed by atoms with Gasteiger partial charge in [-0.2, -0.15) is 0 Å². The molecule has 0 aliphatic heterocycles. The minimum absolute atomic E-state index is 0.165. The average molecular weight is 236 g/mol. The number of nitrogens with zero attached hydrogens (tertiary/aromatic N) is 2. The third-order valence-electron chi connectivity index (χ3n) is 2.19. The summed E-state index contributed by atoms with van der Waals surface area (Å²) in [5.41, 5.74) is 6.61. The molecule has 1 heterocycles. The molecule has 0 atom stereocenters. The van der Waals surface area contributed by atoms with Crippen LogP contribution in [0.4, 0.5) is 16.1 Å². The van der Waals surface area contributed by atoms with Crippen molar-refractivity contribution in [3.8, 4) is 0 Å². The highest BCUT2D eigenvalue weighted by Gasteiger charge is 2.08. The van der Waals surface area contributed by atoms with Crippen molar-refractivity contribution in [2.24, 2.45) is 5.73 Å². The molecule has 0 saturated heterocycles. The molecule has 1 aromatic heterocycles. The summed E-state index contributed by atoms with van der Waals surface area (Å²) in [6, 6.07) is 4.91. The molecule has 5 nitrogen and oxygen atoms in total. The van der Waals surface area contributed by atoms with Crippen LogP contribution in [-0.4, -0.2) is 16.7 Å². The molecule has 1 aromatic carbocycles. The molecule has 0 fully saturated rings. The number of anilines is 2. The van der Waals surface area contributed by atoms with Gasteiger partial charge in [0, 0.05) is 13.0 Å². The van der Waals surface area contributed by atoms with Crippen molar-refractivity contribution < 1.29 is 8.81 Å².